The fraction of sp³-hybridized carbons (Fsp3) is 0.350. The van der Waals surface area contributed by atoms with E-state index in [0.717, 1.165) is 5.56 Å². The van der Waals surface area contributed by atoms with Crippen LogP contribution in [0.25, 0.3) is 0 Å². The quantitative estimate of drug-likeness (QED) is 0.761. The second-order valence-corrected chi connectivity index (χ2v) is 8.28. The summed E-state index contributed by atoms with van der Waals surface area (Å²) in [6.45, 7) is 3.72. The molecule has 0 bridgehead atoms. The molecule has 0 radical (unpaired) electrons. The van der Waals surface area contributed by atoms with E-state index in [2.05, 4.69) is 5.32 Å². The summed E-state index contributed by atoms with van der Waals surface area (Å²) in [6, 6.07) is 13.9. The fourth-order valence-electron chi connectivity index (χ4n) is 2.86. The number of benzene rings is 2. The first-order chi connectivity index (χ1) is 12.4. The zero-order chi connectivity index (χ0) is 19.2. The van der Waals surface area contributed by atoms with Crippen LogP contribution >= 0.6 is 0 Å². The zero-order valence-corrected chi connectivity index (χ0v) is 16.2. The Morgan fingerprint density at radius 1 is 1.08 bits per heavy atom. The first kappa shape index (κ1) is 20.0. The Labute approximate surface area is 155 Å². The summed E-state index contributed by atoms with van der Waals surface area (Å²) in [5.74, 6) is 0.196. The Bertz CT molecular complexity index is 843. The molecule has 1 N–H and O–H groups in total. The minimum atomic E-state index is -3.45. The minimum Gasteiger partial charge on any atom is -0.495 e. The first-order valence-corrected chi connectivity index (χ1v) is 10.2. The molecule has 0 fully saturated rings. The number of sulfone groups is 1. The van der Waals surface area contributed by atoms with Crippen molar-refractivity contribution in [2.24, 2.45) is 0 Å². The molecule has 0 heterocycles. The Balaban J connectivity index is 2.28. The van der Waals surface area contributed by atoms with Crippen LogP contribution in [0.1, 0.15) is 32.3 Å². The van der Waals surface area contributed by atoms with Gasteiger partial charge in [0.05, 0.1) is 29.4 Å². The molecule has 0 aliphatic carbocycles. The average Bonchev–Trinajstić information content (AvgIpc) is 2.63. The van der Waals surface area contributed by atoms with Gasteiger partial charge in [0.1, 0.15) is 5.75 Å². The molecule has 0 unspecified atom stereocenters. The second-order valence-electron chi connectivity index (χ2n) is 6.06. The molecule has 0 spiro atoms. The van der Waals surface area contributed by atoms with Crippen LogP contribution in [0.4, 0.5) is 5.69 Å². The van der Waals surface area contributed by atoms with Crippen LogP contribution in [0.2, 0.25) is 0 Å². The van der Waals surface area contributed by atoms with Crippen LogP contribution in [0, 0.1) is 0 Å². The molecule has 2 aromatic carbocycles. The maximum atomic E-state index is 12.8. The Morgan fingerprint density at radius 2 is 1.73 bits per heavy atom. The molecule has 1 amide bonds. The summed E-state index contributed by atoms with van der Waals surface area (Å²) >= 11 is 0. The molecule has 26 heavy (non-hydrogen) atoms. The molecule has 0 saturated carbocycles. The van der Waals surface area contributed by atoms with Gasteiger partial charge < -0.3 is 10.1 Å². The van der Waals surface area contributed by atoms with Gasteiger partial charge in [-0.1, -0.05) is 44.2 Å². The molecule has 5 nitrogen and oxygen atoms in total. The smallest absolute Gasteiger partial charge is 0.228 e. The molecular weight excluding hydrogens is 350 g/mol. The normalized spacial score (nSPS) is 11.4. The van der Waals surface area contributed by atoms with Gasteiger partial charge in [-0.15, -0.1) is 0 Å². The van der Waals surface area contributed by atoms with Crippen LogP contribution < -0.4 is 10.1 Å². The summed E-state index contributed by atoms with van der Waals surface area (Å²) in [5, 5.41) is 2.33. The molecular formula is C20H25NO4S. The van der Waals surface area contributed by atoms with Gasteiger partial charge in [-0.05, 0) is 36.6 Å². The van der Waals surface area contributed by atoms with Crippen molar-refractivity contribution in [3.05, 3.63) is 54.1 Å². The number of methoxy groups -OCH3 is 1. The predicted molar refractivity (Wildman–Crippen MR) is 103 cm³/mol. The lowest BCUT2D eigenvalue weighted by atomic mass is 10.1. The third kappa shape index (κ3) is 4.64. The van der Waals surface area contributed by atoms with Crippen molar-refractivity contribution in [1.82, 2.24) is 0 Å². The van der Waals surface area contributed by atoms with Crippen LogP contribution in [-0.2, 0) is 21.1 Å². The largest absolute Gasteiger partial charge is 0.495 e. The average molecular weight is 375 g/mol. The van der Waals surface area contributed by atoms with Crippen molar-refractivity contribution < 1.29 is 17.9 Å². The summed E-state index contributed by atoms with van der Waals surface area (Å²) in [7, 11) is -1.97. The molecule has 6 heteroatoms. The molecule has 2 aromatic rings. The fourth-order valence-corrected chi connectivity index (χ4v) is 4.66. The van der Waals surface area contributed by atoms with E-state index in [0.29, 0.717) is 24.3 Å². The van der Waals surface area contributed by atoms with E-state index in [1.54, 1.807) is 6.07 Å². The zero-order valence-electron chi connectivity index (χ0n) is 15.4. The summed E-state index contributed by atoms with van der Waals surface area (Å²) in [4.78, 5) is 12.5. The predicted octanol–water partition coefficient (Wildman–Crippen LogP) is 3.84. The highest BCUT2D eigenvalue weighted by atomic mass is 32.2. The number of ether oxygens (including phenoxy) is 1. The van der Waals surface area contributed by atoms with Crippen LogP contribution in [0.3, 0.4) is 0 Å². The van der Waals surface area contributed by atoms with Gasteiger partial charge in [-0.2, -0.15) is 0 Å². The van der Waals surface area contributed by atoms with Gasteiger partial charge >= 0.3 is 0 Å². The van der Waals surface area contributed by atoms with Gasteiger partial charge in [0.25, 0.3) is 0 Å². The van der Waals surface area contributed by atoms with Crippen molar-refractivity contribution in [3.8, 4) is 5.75 Å². The molecule has 0 aliphatic heterocycles. The number of anilines is 1. The summed E-state index contributed by atoms with van der Waals surface area (Å²) < 4.78 is 30.8. The van der Waals surface area contributed by atoms with Crippen molar-refractivity contribution >= 4 is 21.4 Å². The first-order valence-electron chi connectivity index (χ1n) is 8.68. The van der Waals surface area contributed by atoms with Gasteiger partial charge in [0, 0.05) is 0 Å². The van der Waals surface area contributed by atoms with E-state index in [9.17, 15) is 13.2 Å². The highest BCUT2D eigenvalue weighted by Crippen LogP contribution is 2.30. The molecule has 0 saturated heterocycles. The summed E-state index contributed by atoms with van der Waals surface area (Å²) in [5.41, 5.74) is 1.24. The van der Waals surface area contributed by atoms with Gasteiger partial charge in [-0.3, -0.25) is 4.79 Å². The second kappa shape index (κ2) is 8.85. The standard InChI is InChI=1S/C20H25NO4S/c1-4-16(5-2)26(23,24)17-11-12-19(25-3)18(14-17)21-20(22)13-15-9-7-6-8-10-15/h6-12,14,16H,4-5,13H2,1-3H3,(H,21,22). The lowest BCUT2D eigenvalue weighted by Crippen LogP contribution is -2.20. The maximum Gasteiger partial charge on any atom is 0.228 e. The highest BCUT2D eigenvalue weighted by Gasteiger charge is 2.25. The third-order valence-electron chi connectivity index (χ3n) is 4.33. The Morgan fingerprint density at radius 3 is 2.31 bits per heavy atom. The van der Waals surface area contributed by atoms with E-state index >= 15 is 0 Å². The van der Waals surface area contributed by atoms with E-state index in [-0.39, 0.29) is 17.2 Å². The maximum absolute atomic E-state index is 12.8. The van der Waals surface area contributed by atoms with Crippen molar-refractivity contribution in [1.29, 1.82) is 0 Å². The number of carbonyl (C=O) groups is 1. The molecule has 0 aliphatic rings. The lowest BCUT2D eigenvalue weighted by Gasteiger charge is -2.16. The highest BCUT2D eigenvalue weighted by molar-refractivity contribution is 7.92. The molecule has 2 rings (SSSR count). The van der Waals surface area contributed by atoms with Gasteiger partial charge in [-0.25, -0.2) is 8.42 Å². The summed E-state index contributed by atoms with van der Waals surface area (Å²) in [6.07, 6.45) is 1.29. The van der Waals surface area contributed by atoms with Crippen molar-refractivity contribution in [3.63, 3.8) is 0 Å². The number of nitrogens with one attached hydrogen (secondary N) is 1. The van der Waals surface area contributed by atoms with Crippen LogP contribution in [0.15, 0.2) is 53.4 Å². The number of rotatable bonds is 8. The van der Waals surface area contributed by atoms with Crippen molar-refractivity contribution in [2.75, 3.05) is 12.4 Å². The Hall–Kier alpha value is -2.34. The lowest BCUT2D eigenvalue weighted by molar-refractivity contribution is -0.115. The van der Waals surface area contributed by atoms with E-state index in [4.69, 9.17) is 4.74 Å². The van der Waals surface area contributed by atoms with E-state index in [1.165, 1.54) is 19.2 Å². The number of hydrogen-bond donors (Lipinski definition) is 1. The number of hydrogen-bond acceptors (Lipinski definition) is 4. The third-order valence-corrected chi connectivity index (χ3v) is 6.79. The SMILES string of the molecule is CCC(CC)S(=O)(=O)c1ccc(OC)c(NC(=O)Cc2ccccc2)c1. The monoisotopic (exact) mass is 375 g/mol. The Kier molecular flexibility index (Phi) is 6.80. The number of carbonyl (C=O) groups excluding carboxylic acids is 1. The molecule has 0 atom stereocenters. The molecule has 140 valence electrons. The topological polar surface area (TPSA) is 72.5 Å². The van der Waals surface area contributed by atoms with Gasteiger partial charge in [0.2, 0.25) is 5.91 Å². The molecule has 0 aromatic heterocycles. The van der Waals surface area contributed by atoms with E-state index in [1.807, 2.05) is 44.2 Å². The van der Waals surface area contributed by atoms with E-state index < -0.39 is 15.1 Å². The van der Waals surface area contributed by atoms with Gasteiger partial charge in [0.15, 0.2) is 9.84 Å². The van der Waals surface area contributed by atoms with Crippen LogP contribution in [-0.4, -0.2) is 26.7 Å². The van der Waals surface area contributed by atoms with Crippen molar-refractivity contribution in [2.45, 2.75) is 43.3 Å². The van der Waals surface area contributed by atoms with Crippen LogP contribution in [0.5, 0.6) is 5.75 Å². The minimum absolute atomic E-state index is 0.196. The number of amides is 1.